The van der Waals surface area contributed by atoms with E-state index in [1.165, 1.54) is 49.0 Å². The molecule has 0 aliphatic carbocycles. The normalized spacial score (nSPS) is 11.3. The Hall–Kier alpha value is -3.28. The van der Waals surface area contributed by atoms with Gasteiger partial charge in [-0.2, -0.15) is 0 Å². The zero-order chi connectivity index (χ0) is 21.2. The van der Waals surface area contributed by atoms with Crippen molar-refractivity contribution in [2.75, 3.05) is 7.11 Å². The number of halogens is 1. The van der Waals surface area contributed by atoms with Gasteiger partial charge in [-0.3, -0.25) is 10.0 Å². The molecule has 11 heteroatoms. The number of ether oxygens (including phenoxy) is 1. The summed E-state index contributed by atoms with van der Waals surface area (Å²) in [4.78, 5) is 15.6. The molecule has 2 aromatic carbocycles. The molecule has 29 heavy (non-hydrogen) atoms. The summed E-state index contributed by atoms with van der Waals surface area (Å²) in [5.74, 6) is -1.20. The first-order valence-corrected chi connectivity index (χ1v) is 9.67. The number of benzene rings is 2. The van der Waals surface area contributed by atoms with Crippen LogP contribution < -0.4 is 15.4 Å². The molecular formula is C18H16FN3O6S. The zero-order valence-corrected chi connectivity index (χ0v) is 15.9. The fraction of sp³-hybridized carbons (Fsp3) is 0.111. The molecule has 0 radical (unpaired) electrons. The van der Waals surface area contributed by atoms with Crippen molar-refractivity contribution in [3.05, 3.63) is 54.2 Å². The summed E-state index contributed by atoms with van der Waals surface area (Å²) in [5.41, 5.74) is 2.46. The van der Waals surface area contributed by atoms with Crippen molar-refractivity contribution < 1.29 is 32.0 Å². The van der Waals surface area contributed by atoms with Crippen LogP contribution in [0.5, 0.6) is 5.75 Å². The average Bonchev–Trinajstić information content (AvgIpc) is 3.11. The number of primary sulfonamides is 1. The van der Waals surface area contributed by atoms with Crippen LogP contribution in [0.1, 0.15) is 5.89 Å². The Kier molecular flexibility index (Phi) is 5.64. The van der Waals surface area contributed by atoms with Crippen molar-refractivity contribution in [3.63, 3.8) is 0 Å². The maximum absolute atomic E-state index is 14.2. The molecule has 0 aliphatic heterocycles. The van der Waals surface area contributed by atoms with Gasteiger partial charge in [-0.05, 0) is 42.5 Å². The predicted octanol–water partition coefficient (Wildman–Crippen LogP) is 1.85. The first kappa shape index (κ1) is 20.5. The van der Waals surface area contributed by atoms with Gasteiger partial charge in [0.25, 0.3) is 5.91 Å². The lowest BCUT2D eigenvalue weighted by Crippen LogP contribution is -2.20. The summed E-state index contributed by atoms with van der Waals surface area (Å²) >= 11 is 0. The summed E-state index contributed by atoms with van der Waals surface area (Å²) in [6.07, 6.45) is -0.364. The van der Waals surface area contributed by atoms with E-state index in [4.69, 9.17) is 19.5 Å². The highest BCUT2D eigenvalue weighted by atomic mass is 32.2. The number of oxazole rings is 1. The van der Waals surface area contributed by atoms with Gasteiger partial charge in [0, 0.05) is 11.1 Å². The fourth-order valence-corrected chi connectivity index (χ4v) is 3.13. The van der Waals surface area contributed by atoms with Gasteiger partial charge in [0.05, 0.1) is 12.0 Å². The van der Waals surface area contributed by atoms with Crippen LogP contribution in [0.3, 0.4) is 0 Å². The molecule has 0 bridgehead atoms. The number of nitrogens with one attached hydrogen (secondary N) is 1. The molecule has 0 aliphatic rings. The van der Waals surface area contributed by atoms with Crippen LogP contribution in [-0.2, 0) is 21.2 Å². The number of aromatic nitrogens is 1. The monoisotopic (exact) mass is 421 g/mol. The Bertz CT molecular complexity index is 1160. The Morgan fingerprint density at radius 1 is 1.24 bits per heavy atom. The molecule has 0 fully saturated rings. The maximum Gasteiger partial charge on any atom is 0.252 e. The number of hydroxylamine groups is 1. The average molecular weight is 421 g/mol. The lowest BCUT2D eigenvalue weighted by Gasteiger charge is -2.05. The molecule has 0 saturated carbocycles. The SMILES string of the molecule is COc1ccc(-c2nc(CC(=O)NO)oc2-c2ccc(S(N)(=O)=O)cc2)cc1F. The molecule has 1 heterocycles. The van der Waals surface area contributed by atoms with Gasteiger partial charge in [-0.15, -0.1) is 0 Å². The second-order valence-corrected chi connectivity index (χ2v) is 7.48. The van der Waals surface area contributed by atoms with Crippen molar-refractivity contribution in [1.29, 1.82) is 0 Å². The third-order valence-corrected chi connectivity index (χ3v) is 4.91. The first-order chi connectivity index (χ1) is 13.7. The molecular weight excluding hydrogens is 405 g/mol. The van der Waals surface area contributed by atoms with E-state index in [-0.39, 0.29) is 34.4 Å². The number of nitrogens with two attached hydrogens (primary N) is 1. The molecule has 4 N–H and O–H groups in total. The number of hydrogen-bond acceptors (Lipinski definition) is 7. The minimum atomic E-state index is -3.88. The first-order valence-electron chi connectivity index (χ1n) is 8.12. The van der Waals surface area contributed by atoms with Gasteiger partial charge < -0.3 is 9.15 Å². The number of amides is 1. The van der Waals surface area contributed by atoms with E-state index in [0.717, 1.165) is 0 Å². The smallest absolute Gasteiger partial charge is 0.252 e. The van der Waals surface area contributed by atoms with Crippen molar-refractivity contribution in [2.24, 2.45) is 5.14 Å². The van der Waals surface area contributed by atoms with Crippen LogP contribution in [0.15, 0.2) is 51.8 Å². The maximum atomic E-state index is 14.2. The van der Waals surface area contributed by atoms with Gasteiger partial charge in [-0.1, -0.05) is 0 Å². The van der Waals surface area contributed by atoms with Crippen LogP contribution in [-0.4, -0.2) is 31.6 Å². The summed E-state index contributed by atoms with van der Waals surface area (Å²) in [6.45, 7) is 0. The number of hydrogen-bond donors (Lipinski definition) is 3. The standard InChI is InChI=1S/C18H16FN3O6S/c1-27-14-7-4-11(8-13(14)19)17-18(28-16(21-17)9-15(23)22-24)10-2-5-12(6-3-10)29(20,25)26/h2-8,24H,9H2,1H3,(H,22,23)(H2,20,25,26). The molecule has 0 atom stereocenters. The summed E-state index contributed by atoms with van der Waals surface area (Å²) < 4.78 is 47.6. The van der Waals surface area contributed by atoms with Gasteiger partial charge in [-0.25, -0.2) is 28.4 Å². The summed E-state index contributed by atoms with van der Waals surface area (Å²) in [6, 6.07) is 9.61. The highest BCUT2D eigenvalue weighted by molar-refractivity contribution is 7.89. The third kappa shape index (κ3) is 4.42. The van der Waals surface area contributed by atoms with Crippen LogP contribution in [0.25, 0.3) is 22.6 Å². The minimum Gasteiger partial charge on any atom is -0.494 e. The Morgan fingerprint density at radius 3 is 2.45 bits per heavy atom. The number of carbonyl (C=O) groups is 1. The quantitative estimate of drug-likeness (QED) is 0.407. The number of rotatable bonds is 6. The zero-order valence-electron chi connectivity index (χ0n) is 15.0. The van der Waals surface area contributed by atoms with Crippen molar-refractivity contribution in [3.8, 4) is 28.3 Å². The largest absolute Gasteiger partial charge is 0.494 e. The van der Waals surface area contributed by atoms with E-state index >= 15 is 0 Å². The summed E-state index contributed by atoms with van der Waals surface area (Å²) in [7, 11) is -2.55. The van der Waals surface area contributed by atoms with E-state index in [1.54, 1.807) is 6.07 Å². The van der Waals surface area contributed by atoms with Gasteiger partial charge in [0.15, 0.2) is 17.3 Å². The van der Waals surface area contributed by atoms with Crippen LogP contribution in [0.2, 0.25) is 0 Å². The van der Waals surface area contributed by atoms with E-state index in [1.807, 2.05) is 0 Å². The van der Waals surface area contributed by atoms with Gasteiger partial charge >= 0.3 is 0 Å². The number of sulfonamides is 1. The molecule has 152 valence electrons. The Balaban J connectivity index is 2.12. The van der Waals surface area contributed by atoms with Crippen molar-refractivity contribution >= 4 is 15.9 Å². The molecule has 3 aromatic rings. The second-order valence-electron chi connectivity index (χ2n) is 5.92. The number of nitrogens with zero attached hydrogens (tertiary/aromatic N) is 1. The molecule has 1 amide bonds. The topological polar surface area (TPSA) is 145 Å². The fourth-order valence-electron chi connectivity index (χ4n) is 2.62. The number of carbonyl (C=O) groups excluding carboxylic acids is 1. The molecule has 0 unspecified atom stereocenters. The van der Waals surface area contributed by atoms with Crippen molar-refractivity contribution in [2.45, 2.75) is 11.3 Å². The van der Waals surface area contributed by atoms with Crippen LogP contribution >= 0.6 is 0 Å². The second kappa shape index (κ2) is 7.99. The van der Waals surface area contributed by atoms with Crippen LogP contribution in [0.4, 0.5) is 4.39 Å². The minimum absolute atomic E-state index is 0.0340. The van der Waals surface area contributed by atoms with Gasteiger partial charge in [0.1, 0.15) is 12.1 Å². The number of methoxy groups -OCH3 is 1. The third-order valence-electron chi connectivity index (χ3n) is 3.98. The van der Waals surface area contributed by atoms with Gasteiger partial charge in [0.2, 0.25) is 15.9 Å². The molecule has 0 saturated heterocycles. The summed E-state index contributed by atoms with van der Waals surface area (Å²) in [5, 5.41) is 13.8. The molecule has 9 nitrogen and oxygen atoms in total. The van der Waals surface area contributed by atoms with E-state index in [2.05, 4.69) is 4.98 Å². The highest BCUT2D eigenvalue weighted by Gasteiger charge is 2.20. The van der Waals surface area contributed by atoms with E-state index in [9.17, 15) is 17.6 Å². The van der Waals surface area contributed by atoms with Crippen LogP contribution in [0, 0.1) is 5.82 Å². The Labute approximate surface area is 164 Å². The van der Waals surface area contributed by atoms with E-state index in [0.29, 0.717) is 11.1 Å². The lowest BCUT2D eigenvalue weighted by molar-refractivity contribution is -0.128. The highest BCUT2D eigenvalue weighted by Crippen LogP contribution is 2.35. The molecule has 0 spiro atoms. The van der Waals surface area contributed by atoms with E-state index < -0.39 is 21.7 Å². The molecule has 1 aromatic heterocycles. The predicted molar refractivity (Wildman–Crippen MR) is 98.9 cm³/mol. The Morgan fingerprint density at radius 2 is 1.90 bits per heavy atom. The molecule has 3 rings (SSSR count). The van der Waals surface area contributed by atoms with Crippen molar-refractivity contribution in [1.82, 2.24) is 10.5 Å². The lowest BCUT2D eigenvalue weighted by atomic mass is 10.1.